The van der Waals surface area contributed by atoms with E-state index in [-0.39, 0.29) is 12.1 Å². The molecule has 0 fully saturated rings. The molecule has 2 aromatic heterocycles. The Labute approximate surface area is 207 Å². The summed E-state index contributed by atoms with van der Waals surface area (Å²) in [6.07, 6.45) is 3.83. The summed E-state index contributed by atoms with van der Waals surface area (Å²) in [4.78, 5) is 15.7. The van der Waals surface area contributed by atoms with Crippen molar-refractivity contribution in [2.24, 2.45) is 5.92 Å². The van der Waals surface area contributed by atoms with Gasteiger partial charge in [-0.25, -0.2) is 9.48 Å². The summed E-state index contributed by atoms with van der Waals surface area (Å²) in [5.41, 5.74) is 5.25. The summed E-state index contributed by atoms with van der Waals surface area (Å²) < 4.78 is 4.24. The van der Waals surface area contributed by atoms with Gasteiger partial charge in [0.05, 0.1) is 29.7 Å². The van der Waals surface area contributed by atoms with Gasteiger partial charge in [-0.1, -0.05) is 69.3 Å². The van der Waals surface area contributed by atoms with Crippen molar-refractivity contribution >= 4 is 6.03 Å². The van der Waals surface area contributed by atoms with Crippen molar-refractivity contribution in [2.75, 3.05) is 6.54 Å². The largest absolute Gasteiger partial charge is 0.338 e. The van der Waals surface area contributed by atoms with Gasteiger partial charge in [-0.2, -0.15) is 5.10 Å². The molecule has 0 aliphatic carbocycles. The maximum Gasteiger partial charge on any atom is 0.318 e. The van der Waals surface area contributed by atoms with Crippen LogP contribution in [0.2, 0.25) is 0 Å². The van der Waals surface area contributed by atoms with E-state index in [9.17, 15) is 4.79 Å². The number of benzene rings is 2. The third-order valence-corrected chi connectivity index (χ3v) is 6.68. The lowest BCUT2D eigenvalue weighted by Crippen LogP contribution is -2.42. The third-order valence-electron chi connectivity index (χ3n) is 6.68. The van der Waals surface area contributed by atoms with Gasteiger partial charge in [0.25, 0.3) is 0 Å². The first-order valence-electron chi connectivity index (χ1n) is 12.5. The second-order valence-electron chi connectivity index (χ2n) is 9.51. The Morgan fingerprint density at radius 2 is 1.74 bits per heavy atom. The minimum absolute atomic E-state index is 0.0467. The molecule has 180 valence electrons. The van der Waals surface area contributed by atoms with E-state index in [0.717, 1.165) is 46.9 Å². The normalized spacial score (nSPS) is 15.0. The molecule has 6 nitrogen and oxygen atoms in total. The quantitative estimate of drug-likeness (QED) is 0.385. The molecule has 4 aromatic rings. The average Bonchev–Trinajstić information content (AvgIpc) is 3.46. The monoisotopic (exact) mass is 467 g/mol. The number of carbonyl (C=O) groups is 1. The summed E-state index contributed by atoms with van der Waals surface area (Å²) in [6.45, 7) is 7.62. The second kappa shape index (κ2) is 9.82. The van der Waals surface area contributed by atoms with Gasteiger partial charge in [-0.3, -0.25) is 0 Å². The zero-order valence-corrected chi connectivity index (χ0v) is 20.7. The number of carbonyl (C=O) groups excluding carboxylic acids is 1. The van der Waals surface area contributed by atoms with Gasteiger partial charge < -0.3 is 14.8 Å². The van der Waals surface area contributed by atoms with Crippen LogP contribution in [0.3, 0.4) is 0 Å². The number of para-hydroxylation sites is 1. The first-order valence-corrected chi connectivity index (χ1v) is 12.5. The Bertz CT molecular complexity index is 1290. The Balaban J connectivity index is 1.68. The average molecular weight is 468 g/mol. The van der Waals surface area contributed by atoms with Crippen molar-refractivity contribution in [2.45, 2.75) is 46.2 Å². The Kier molecular flexibility index (Phi) is 6.45. The summed E-state index contributed by atoms with van der Waals surface area (Å²) in [7, 11) is 0. The van der Waals surface area contributed by atoms with Gasteiger partial charge in [0.2, 0.25) is 0 Å². The van der Waals surface area contributed by atoms with Crippen LogP contribution in [0.15, 0.2) is 79.0 Å². The standard InChI is InChI=1S/C29H33N5O/c1-4-25-24-20-33(29(35)30-18-17-21(2)3)27(22-12-7-5-8-13-22)26-16-11-19-32(26)28(24)34(31-25)23-14-9-6-10-15-23/h5-16,19,21,27H,4,17-18,20H2,1-3H3,(H,30,35). The topological polar surface area (TPSA) is 55.1 Å². The highest BCUT2D eigenvalue weighted by Crippen LogP contribution is 2.38. The molecule has 6 heteroatoms. The van der Waals surface area contributed by atoms with Crippen LogP contribution in [-0.4, -0.2) is 31.8 Å². The fourth-order valence-electron chi connectivity index (χ4n) is 4.90. The zero-order valence-electron chi connectivity index (χ0n) is 20.7. The van der Waals surface area contributed by atoms with Gasteiger partial charge in [0, 0.05) is 18.3 Å². The SMILES string of the molecule is CCc1nn(-c2ccccc2)c2c1CN(C(=O)NCCC(C)C)C(c1ccccc1)c1cccn1-2. The van der Waals surface area contributed by atoms with Gasteiger partial charge in [0.1, 0.15) is 5.82 Å². The number of hydrogen-bond donors (Lipinski definition) is 1. The van der Waals surface area contributed by atoms with Crippen LogP contribution < -0.4 is 5.32 Å². The zero-order chi connectivity index (χ0) is 24.4. The third kappa shape index (κ3) is 4.36. The first kappa shape index (κ1) is 23.0. The molecule has 1 atom stereocenters. The van der Waals surface area contributed by atoms with Crippen molar-refractivity contribution in [3.63, 3.8) is 0 Å². The number of aryl methyl sites for hydroxylation is 1. The molecule has 0 saturated heterocycles. The minimum Gasteiger partial charge on any atom is -0.338 e. The molecule has 3 heterocycles. The van der Waals surface area contributed by atoms with Crippen LogP contribution in [0, 0.1) is 5.92 Å². The fourth-order valence-corrected chi connectivity index (χ4v) is 4.90. The first-order chi connectivity index (χ1) is 17.1. The summed E-state index contributed by atoms with van der Waals surface area (Å²) in [6, 6.07) is 24.5. The lowest BCUT2D eigenvalue weighted by molar-refractivity contribution is 0.180. The molecule has 0 bridgehead atoms. The van der Waals surface area contributed by atoms with Crippen molar-refractivity contribution in [1.82, 2.24) is 24.6 Å². The highest BCUT2D eigenvalue weighted by molar-refractivity contribution is 5.76. The highest BCUT2D eigenvalue weighted by Gasteiger charge is 2.36. The molecule has 2 aromatic carbocycles. The number of nitrogens with one attached hydrogen (secondary N) is 1. The molecule has 1 aliphatic heterocycles. The van der Waals surface area contributed by atoms with Crippen molar-refractivity contribution < 1.29 is 4.79 Å². The van der Waals surface area contributed by atoms with E-state index >= 15 is 0 Å². The number of aromatic nitrogens is 3. The van der Waals surface area contributed by atoms with Crippen LogP contribution in [0.25, 0.3) is 11.5 Å². The predicted octanol–water partition coefficient (Wildman–Crippen LogP) is 5.89. The molecule has 35 heavy (non-hydrogen) atoms. The van der Waals surface area contributed by atoms with Crippen LogP contribution in [0.4, 0.5) is 4.79 Å². The fraction of sp³-hybridized carbons (Fsp3) is 0.310. The van der Waals surface area contributed by atoms with Gasteiger partial charge >= 0.3 is 6.03 Å². The van der Waals surface area contributed by atoms with Crippen LogP contribution >= 0.6 is 0 Å². The highest BCUT2D eigenvalue weighted by atomic mass is 16.2. The maximum absolute atomic E-state index is 13.7. The van der Waals surface area contributed by atoms with Gasteiger partial charge in [-0.15, -0.1) is 0 Å². The molecule has 1 unspecified atom stereocenters. The molecule has 0 spiro atoms. The number of hydrogen-bond acceptors (Lipinski definition) is 2. The van der Waals surface area contributed by atoms with E-state index in [2.05, 4.69) is 73.3 Å². The van der Waals surface area contributed by atoms with E-state index < -0.39 is 0 Å². The number of fused-ring (bicyclic) bond motifs is 3. The number of rotatable bonds is 6. The van der Waals surface area contributed by atoms with E-state index in [0.29, 0.717) is 19.0 Å². The van der Waals surface area contributed by atoms with Crippen LogP contribution in [-0.2, 0) is 13.0 Å². The Hall–Kier alpha value is -3.80. The minimum atomic E-state index is -0.216. The maximum atomic E-state index is 13.7. The molecular formula is C29H33N5O. The van der Waals surface area contributed by atoms with E-state index in [1.165, 1.54) is 0 Å². The molecule has 1 aliphatic rings. The number of nitrogens with zero attached hydrogens (tertiary/aromatic N) is 4. The van der Waals surface area contributed by atoms with Gasteiger partial charge in [0.15, 0.2) is 0 Å². The predicted molar refractivity (Wildman–Crippen MR) is 139 cm³/mol. The Morgan fingerprint density at radius 3 is 2.43 bits per heavy atom. The van der Waals surface area contributed by atoms with Crippen LogP contribution in [0.5, 0.6) is 0 Å². The number of urea groups is 1. The summed E-state index contributed by atoms with van der Waals surface area (Å²) in [5.74, 6) is 1.54. The number of amides is 2. The van der Waals surface area contributed by atoms with Crippen LogP contribution in [0.1, 0.15) is 55.7 Å². The van der Waals surface area contributed by atoms with E-state index in [1.807, 2.05) is 46.0 Å². The molecule has 0 saturated carbocycles. The molecule has 1 N–H and O–H groups in total. The molecule has 2 amide bonds. The second-order valence-corrected chi connectivity index (χ2v) is 9.51. The summed E-state index contributed by atoms with van der Waals surface area (Å²) >= 11 is 0. The molecular weight excluding hydrogens is 434 g/mol. The van der Waals surface area contributed by atoms with Crippen molar-refractivity contribution in [3.05, 3.63) is 102 Å². The smallest absolute Gasteiger partial charge is 0.318 e. The lowest BCUT2D eigenvalue weighted by Gasteiger charge is -2.31. The summed E-state index contributed by atoms with van der Waals surface area (Å²) in [5, 5.41) is 8.21. The Morgan fingerprint density at radius 1 is 1.03 bits per heavy atom. The van der Waals surface area contributed by atoms with Crippen molar-refractivity contribution in [3.8, 4) is 11.5 Å². The van der Waals surface area contributed by atoms with Crippen molar-refractivity contribution in [1.29, 1.82) is 0 Å². The molecule has 5 rings (SSSR count). The molecule has 0 radical (unpaired) electrons. The van der Waals surface area contributed by atoms with Gasteiger partial charge in [-0.05, 0) is 48.6 Å². The van der Waals surface area contributed by atoms with E-state index in [1.54, 1.807) is 0 Å². The van der Waals surface area contributed by atoms with E-state index in [4.69, 9.17) is 5.10 Å². The lowest BCUT2D eigenvalue weighted by atomic mass is 10.0.